The van der Waals surface area contributed by atoms with Crippen LogP contribution in [0.4, 0.5) is 0 Å². The zero-order chi connectivity index (χ0) is 16.2. The fourth-order valence-corrected chi connectivity index (χ4v) is 4.44. The van der Waals surface area contributed by atoms with Crippen molar-refractivity contribution in [3.05, 3.63) is 0 Å². The average molecular weight is 322 g/mol. The standard InChI is InChI=1S/C19H34N2O2/c1-14(6-7-15-4-2-3-5-15)20-17-10-18(11-17)21(13-19(22)23)12-16-8-9-16/h14-18,20H,2-13H2,1H3,(H,22,23). The maximum absolute atomic E-state index is 11.1. The fraction of sp³-hybridized carbons (Fsp3) is 0.947. The second-order valence-electron chi connectivity index (χ2n) is 8.38. The van der Waals surface area contributed by atoms with Gasteiger partial charge in [-0.05, 0) is 57.3 Å². The first kappa shape index (κ1) is 17.2. The van der Waals surface area contributed by atoms with Gasteiger partial charge in [-0.15, -0.1) is 0 Å². The van der Waals surface area contributed by atoms with Gasteiger partial charge in [0.2, 0.25) is 0 Å². The Bertz CT molecular complexity index is 385. The largest absolute Gasteiger partial charge is 0.480 e. The number of carboxylic acids is 1. The molecule has 3 rings (SSSR count). The number of hydrogen-bond donors (Lipinski definition) is 2. The smallest absolute Gasteiger partial charge is 0.317 e. The third kappa shape index (κ3) is 5.46. The highest BCUT2D eigenvalue weighted by Gasteiger charge is 2.37. The molecule has 1 atom stereocenters. The molecule has 132 valence electrons. The van der Waals surface area contributed by atoms with Crippen molar-refractivity contribution in [2.75, 3.05) is 13.1 Å². The van der Waals surface area contributed by atoms with Crippen LogP contribution in [0.25, 0.3) is 0 Å². The first-order valence-electron chi connectivity index (χ1n) is 9.82. The predicted octanol–water partition coefficient (Wildman–Crippen LogP) is 3.26. The van der Waals surface area contributed by atoms with Crippen LogP contribution in [0, 0.1) is 11.8 Å². The summed E-state index contributed by atoms with van der Waals surface area (Å²) in [5, 5.41) is 12.9. The molecule has 3 fully saturated rings. The van der Waals surface area contributed by atoms with Gasteiger partial charge in [0.1, 0.15) is 0 Å². The van der Waals surface area contributed by atoms with E-state index in [4.69, 9.17) is 5.11 Å². The number of carbonyl (C=O) groups is 1. The molecule has 3 saturated carbocycles. The highest BCUT2D eigenvalue weighted by molar-refractivity contribution is 5.69. The van der Waals surface area contributed by atoms with Crippen molar-refractivity contribution in [1.82, 2.24) is 10.2 Å². The van der Waals surface area contributed by atoms with Gasteiger partial charge < -0.3 is 10.4 Å². The van der Waals surface area contributed by atoms with E-state index in [9.17, 15) is 4.79 Å². The number of carboxylic acid groups (broad SMARTS) is 1. The van der Waals surface area contributed by atoms with Gasteiger partial charge in [-0.2, -0.15) is 0 Å². The highest BCUT2D eigenvalue weighted by atomic mass is 16.4. The van der Waals surface area contributed by atoms with Gasteiger partial charge >= 0.3 is 5.97 Å². The summed E-state index contributed by atoms with van der Waals surface area (Å²) in [7, 11) is 0. The second-order valence-corrected chi connectivity index (χ2v) is 8.38. The van der Waals surface area contributed by atoms with Crippen LogP contribution in [0.3, 0.4) is 0 Å². The van der Waals surface area contributed by atoms with Crippen LogP contribution in [0.5, 0.6) is 0 Å². The fourth-order valence-electron chi connectivity index (χ4n) is 4.44. The Morgan fingerprint density at radius 2 is 1.87 bits per heavy atom. The SMILES string of the molecule is CC(CCC1CCCC1)NC1CC(N(CC(=O)O)CC2CC2)C1. The molecule has 0 radical (unpaired) electrons. The Morgan fingerprint density at radius 3 is 2.48 bits per heavy atom. The Balaban J connectivity index is 1.32. The van der Waals surface area contributed by atoms with Crippen LogP contribution in [0.1, 0.15) is 71.1 Å². The third-order valence-electron chi connectivity index (χ3n) is 6.16. The van der Waals surface area contributed by atoms with Crippen molar-refractivity contribution in [2.24, 2.45) is 11.8 Å². The van der Waals surface area contributed by atoms with Crippen LogP contribution < -0.4 is 5.32 Å². The molecular weight excluding hydrogens is 288 g/mol. The zero-order valence-electron chi connectivity index (χ0n) is 14.7. The summed E-state index contributed by atoms with van der Waals surface area (Å²) in [6.45, 7) is 3.55. The molecule has 0 aromatic rings. The number of nitrogens with one attached hydrogen (secondary N) is 1. The lowest BCUT2D eigenvalue weighted by atomic mass is 9.84. The summed E-state index contributed by atoms with van der Waals surface area (Å²) in [5.41, 5.74) is 0. The van der Waals surface area contributed by atoms with E-state index in [-0.39, 0.29) is 6.54 Å². The molecule has 4 nitrogen and oxygen atoms in total. The number of hydrogen-bond acceptors (Lipinski definition) is 3. The summed E-state index contributed by atoms with van der Waals surface area (Å²) in [4.78, 5) is 13.3. The molecule has 2 N–H and O–H groups in total. The molecule has 0 aromatic heterocycles. The monoisotopic (exact) mass is 322 g/mol. The number of aliphatic carboxylic acids is 1. The summed E-state index contributed by atoms with van der Waals surface area (Å²) in [6, 6.07) is 1.71. The molecule has 4 heteroatoms. The topological polar surface area (TPSA) is 52.6 Å². The van der Waals surface area contributed by atoms with Gasteiger partial charge in [-0.3, -0.25) is 9.69 Å². The molecule has 0 bridgehead atoms. The van der Waals surface area contributed by atoms with E-state index in [1.807, 2.05) is 0 Å². The zero-order valence-corrected chi connectivity index (χ0v) is 14.7. The normalized spacial score (nSPS) is 29.7. The van der Waals surface area contributed by atoms with E-state index in [0.29, 0.717) is 18.1 Å². The Labute approximate surface area is 141 Å². The molecular formula is C19H34N2O2. The molecule has 0 aromatic carbocycles. The van der Waals surface area contributed by atoms with Crippen LogP contribution in [0.15, 0.2) is 0 Å². The average Bonchev–Trinajstić information content (AvgIpc) is 3.11. The lowest BCUT2D eigenvalue weighted by molar-refractivity contribution is -0.139. The maximum Gasteiger partial charge on any atom is 0.317 e. The molecule has 0 aliphatic heterocycles. The van der Waals surface area contributed by atoms with E-state index in [1.54, 1.807) is 0 Å². The van der Waals surface area contributed by atoms with Crippen molar-refractivity contribution in [3.8, 4) is 0 Å². The van der Waals surface area contributed by atoms with Crippen molar-refractivity contribution < 1.29 is 9.90 Å². The summed E-state index contributed by atoms with van der Waals surface area (Å²) in [6.07, 6.45) is 13.3. The molecule has 0 heterocycles. The lowest BCUT2D eigenvalue weighted by Gasteiger charge is -2.44. The van der Waals surface area contributed by atoms with E-state index in [0.717, 1.165) is 31.2 Å². The van der Waals surface area contributed by atoms with Crippen LogP contribution in [-0.4, -0.2) is 47.2 Å². The van der Waals surface area contributed by atoms with Crippen molar-refractivity contribution in [3.63, 3.8) is 0 Å². The minimum absolute atomic E-state index is 0.227. The summed E-state index contributed by atoms with van der Waals surface area (Å²) in [5.74, 6) is 1.08. The van der Waals surface area contributed by atoms with Gasteiger partial charge in [-0.1, -0.05) is 25.7 Å². The first-order valence-corrected chi connectivity index (χ1v) is 9.82. The second kappa shape index (κ2) is 7.98. The molecule has 3 aliphatic rings. The van der Waals surface area contributed by atoms with Gasteiger partial charge in [0.25, 0.3) is 0 Å². The van der Waals surface area contributed by atoms with Gasteiger partial charge in [0.05, 0.1) is 6.54 Å². The first-order chi connectivity index (χ1) is 11.1. The van der Waals surface area contributed by atoms with Crippen LogP contribution in [-0.2, 0) is 4.79 Å². The lowest BCUT2D eigenvalue weighted by Crippen LogP contribution is -2.55. The van der Waals surface area contributed by atoms with Crippen molar-refractivity contribution in [2.45, 2.75) is 89.3 Å². The maximum atomic E-state index is 11.1. The van der Waals surface area contributed by atoms with Gasteiger partial charge in [0, 0.05) is 24.7 Å². The van der Waals surface area contributed by atoms with Gasteiger partial charge in [0.15, 0.2) is 0 Å². The van der Waals surface area contributed by atoms with Gasteiger partial charge in [-0.25, -0.2) is 0 Å². The molecule has 23 heavy (non-hydrogen) atoms. The van der Waals surface area contributed by atoms with E-state index in [2.05, 4.69) is 17.1 Å². The number of rotatable bonds is 10. The minimum atomic E-state index is -0.674. The highest BCUT2D eigenvalue weighted by Crippen LogP contribution is 2.34. The van der Waals surface area contributed by atoms with E-state index >= 15 is 0 Å². The summed E-state index contributed by atoms with van der Waals surface area (Å²) >= 11 is 0. The number of nitrogens with zero attached hydrogens (tertiary/aromatic N) is 1. The van der Waals surface area contributed by atoms with Crippen molar-refractivity contribution in [1.29, 1.82) is 0 Å². The van der Waals surface area contributed by atoms with Crippen LogP contribution in [0.2, 0.25) is 0 Å². The van der Waals surface area contributed by atoms with E-state index < -0.39 is 5.97 Å². The van der Waals surface area contributed by atoms with Crippen LogP contribution >= 0.6 is 0 Å². The Morgan fingerprint density at radius 1 is 1.17 bits per heavy atom. The molecule has 0 spiro atoms. The Hall–Kier alpha value is -0.610. The molecule has 1 unspecified atom stereocenters. The minimum Gasteiger partial charge on any atom is -0.480 e. The Kier molecular flexibility index (Phi) is 5.97. The molecule has 3 aliphatic carbocycles. The van der Waals surface area contributed by atoms with E-state index in [1.165, 1.54) is 51.4 Å². The third-order valence-corrected chi connectivity index (χ3v) is 6.16. The van der Waals surface area contributed by atoms with Crippen molar-refractivity contribution >= 4 is 5.97 Å². The predicted molar refractivity (Wildman–Crippen MR) is 92.5 cm³/mol. The molecule has 0 amide bonds. The summed E-state index contributed by atoms with van der Waals surface area (Å²) < 4.78 is 0. The molecule has 0 saturated heterocycles. The quantitative estimate of drug-likeness (QED) is 0.648.